The zero-order valence-corrected chi connectivity index (χ0v) is 9.99. The molecule has 0 spiro atoms. The predicted octanol–water partition coefficient (Wildman–Crippen LogP) is 4.06. The Balaban J connectivity index is 1.69. The third-order valence-corrected chi connectivity index (χ3v) is 4.98. The van der Waals surface area contributed by atoms with Gasteiger partial charge in [-0.15, -0.1) is 0 Å². The number of allylic oxidation sites excluding steroid dienone is 2. The van der Waals surface area contributed by atoms with Gasteiger partial charge in [0.15, 0.2) is 0 Å². The molecule has 0 unspecified atom stereocenters. The first kappa shape index (κ1) is 10.4. The van der Waals surface area contributed by atoms with Crippen molar-refractivity contribution < 1.29 is 0 Å². The Morgan fingerprint density at radius 2 is 1.62 bits per heavy atom. The van der Waals surface area contributed by atoms with Crippen LogP contribution >= 0.6 is 0 Å². The summed E-state index contributed by atoms with van der Waals surface area (Å²) in [7, 11) is 0. The van der Waals surface area contributed by atoms with E-state index in [9.17, 15) is 0 Å². The molecule has 4 bridgehead atoms. The first-order valence-electron chi connectivity index (χ1n) is 6.84. The minimum Gasteiger partial charge on any atom is -0.198 e. The average molecular weight is 215 g/mol. The summed E-state index contributed by atoms with van der Waals surface area (Å²) in [4.78, 5) is 0. The van der Waals surface area contributed by atoms with Crippen LogP contribution in [-0.2, 0) is 0 Å². The Morgan fingerprint density at radius 1 is 1.06 bits per heavy atom. The standard InChI is InChI=1S/C15H21N/c16-5-3-1-2-4-15-9-12-6-13(10-15)8-14(7-12)11-15/h2,4,12-14H,1,3,6-11H2/b4-2+. The highest BCUT2D eigenvalue weighted by Crippen LogP contribution is 2.60. The van der Waals surface area contributed by atoms with Crippen molar-refractivity contribution in [3.63, 3.8) is 0 Å². The lowest BCUT2D eigenvalue weighted by atomic mass is 9.49. The summed E-state index contributed by atoms with van der Waals surface area (Å²) in [6.07, 6.45) is 15.3. The molecule has 4 fully saturated rings. The molecule has 1 heteroatoms. The lowest BCUT2D eigenvalue weighted by Crippen LogP contribution is -2.44. The van der Waals surface area contributed by atoms with Crippen LogP contribution < -0.4 is 0 Å². The number of unbranched alkanes of at least 4 members (excludes halogenated alkanes) is 1. The van der Waals surface area contributed by atoms with E-state index in [-0.39, 0.29) is 0 Å². The molecule has 0 saturated heterocycles. The molecule has 0 atom stereocenters. The van der Waals surface area contributed by atoms with E-state index in [1.165, 1.54) is 38.5 Å². The molecule has 0 aromatic rings. The van der Waals surface area contributed by atoms with Gasteiger partial charge in [-0.3, -0.25) is 0 Å². The lowest BCUT2D eigenvalue weighted by molar-refractivity contribution is -0.0238. The highest BCUT2D eigenvalue weighted by molar-refractivity contribution is 5.10. The molecule has 4 aliphatic carbocycles. The molecule has 0 N–H and O–H groups in total. The van der Waals surface area contributed by atoms with Crippen LogP contribution in [0, 0.1) is 34.5 Å². The van der Waals surface area contributed by atoms with E-state index >= 15 is 0 Å². The van der Waals surface area contributed by atoms with Crippen LogP contribution in [0.25, 0.3) is 0 Å². The highest BCUT2D eigenvalue weighted by Gasteiger charge is 2.49. The lowest BCUT2D eigenvalue weighted by Gasteiger charge is -2.55. The summed E-state index contributed by atoms with van der Waals surface area (Å²) in [5.41, 5.74) is 0.560. The van der Waals surface area contributed by atoms with Crippen LogP contribution in [0.4, 0.5) is 0 Å². The fraction of sp³-hybridized carbons (Fsp3) is 0.800. The third kappa shape index (κ3) is 1.79. The van der Waals surface area contributed by atoms with Crippen molar-refractivity contribution in [2.75, 3.05) is 0 Å². The summed E-state index contributed by atoms with van der Waals surface area (Å²) in [6.45, 7) is 0. The van der Waals surface area contributed by atoms with Gasteiger partial charge in [-0.25, -0.2) is 0 Å². The van der Waals surface area contributed by atoms with Gasteiger partial charge < -0.3 is 0 Å². The van der Waals surface area contributed by atoms with Crippen LogP contribution in [0.1, 0.15) is 51.4 Å². The van der Waals surface area contributed by atoms with Crippen LogP contribution in [0.2, 0.25) is 0 Å². The van der Waals surface area contributed by atoms with E-state index in [4.69, 9.17) is 5.26 Å². The van der Waals surface area contributed by atoms with E-state index < -0.39 is 0 Å². The van der Waals surface area contributed by atoms with Crippen LogP contribution in [0.3, 0.4) is 0 Å². The first-order valence-corrected chi connectivity index (χ1v) is 6.84. The first-order chi connectivity index (χ1) is 7.80. The number of hydrogen-bond acceptors (Lipinski definition) is 1. The number of nitrogens with zero attached hydrogens (tertiary/aromatic N) is 1. The van der Waals surface area contributed by atoms with E-state index in [1.807, 2.05) is 0 Å². The van der Waals surface area contributed by atoms with E-state index in [1.54, 1.807) is 0 Å². The van der Waals surface area contributed by atoms with Gasteiger partial charge in [0.2, 0.25) is 0 Å². The van der Waals surface area contributed by atoms with Crippen molar-refractivity contribution in [1.82, 2.24) is 0 Å². The minimum atomic E-state index is 0.560. The molecule has 4 saturated carbocycles. The molecular formula is C15H21N. The number of rotatable bonds is 3. The molecule has 1 nitrogen and oxygen atoms in total. The van der Waals surface area contributed by atoms with Gasteiger partial charge in [0.05, 0.1) is 6.07 Å². The smallest absolute Gasteiger partial charge is 0.0624 e. The zero-order chi connectivity index (χ0) is 11.0. The van der Waals surface area contributed by atoms with E-state index in [2.05, 4.69) is 18.2 Å². The largest absolute Gasteiger partial charge is 0.198 e. The van der Waals surface area contributed by atoms with Crippen molar-refractivity contribution >= 4 is 0 Å². The SMILES string of the molecule is N#CCC/C=C/C12CC3CC(CC(C3)C1)C2. The fourth-order valence-electron chi connectivity index (χ4n) is 4.86. The molecule has 0 aromatic heterocycles. The van der Waals surface area contributed by atoms with Crippen molar-refractivity contribution in [3.05, 3.63) is 12.2 Å². The second-order valence-corrected chi connectivity index (χ2v) is 6.38. The summed E-state index contributed by atoms with van der Waals surface area (Å²) >= 11 is 0. The average Bonchev–Trinajstić information content (AvgIpc) is 2.22. The van der Waals surface area contributed by atoms with Gasteiger partial charge in [-0.2, -0.15) is 5.26 Å². The second kappa shape index (κ2) is 3.91. The monoisotopic (exact) mass is 215 g/mol. The quantitative estimate of drug-likeness (QED) is 0.514. The molecule has 0 amide bonds. The summed E-state index contributed by atoms with van der Waals surface area (Å²) in [5.74, 6) is 3.10. The molecule has 0 aliphatic heterocycles. The Bertz CT molecular complexity index is 299. The maximum absolute atomic E-state index is 8.54. The molecule has 0 radical (unpaired) electrons. The van der Waals surface area contributed by atoms with Gasteiger partial charge in [-0.1, -0.05) is 12.2 Å². The number of nitriles is 1. The van der Waals surface area contributed by atoms with Crippen LogP contribution in [-0.4, -0.2) is 0 Å². The molecule has 4 rings (SSSR count). The highest BCUT2D eigenvalue weighted by atomic mass is 14.5. The van der Waals surface area contributed by atoms with Crippen molar-refractivity contribution in [2.24, 2.45) is 23.2 Å². The maximum atomic E-state index is 8.54. The fourth-order valence-corrected chi connectivity index (χ4v) is 4.86. The summed E-state index contributed by atoms with van der Waals surface area (Å²) < 4.78 is 0. The van der Waals surface area contributed by atoms with Crippen molar-refractivity contribution in [1.29, 1.82) is 5.26 Å². The van der Waals surface area contributed by atoms with Crippen LogP contribution in [0.15, 0.2) is 12.2 Å². The Labute approximate surface area is 98.5 Å². The predicted molar refractivity (Wildman–Crippen MR) is 64.6 cm³/mol. The van der Waals surface area contributed by atoms with Gasteiger partial charge in [0.25, 0.3) is 0 Å². The maximum Gasteiger partial charge on any atom is 0.0624 e. The van der Waals surface area contributed by atoms with Gasteiger partial charge in [0, 0.05) is 6.42 Å². The molecule has 86 valence electrons. The molecule has 0 heterocycles. The summed E-state index contributed by atoms with van der Waals surface area (Å²) in [5, 5.41) is 8.54. The van der Waals surface area contributed by atoms with Crippen molar-refractivity contribution in [2.45, 2.75) is 51.4 Å². The zero-order valence-electron chi connectivity index (χ0n) is 9.99. The molecule has 4 aliphatic rings. The molecular weight excluding hydrogens is 194 g/mol. The van der Waals surface area contributed by atoms with E-state index in [0.717, 1.165) is 24.2 Å². The van der Waals surface area contributed by atoms with Gasteiger partial charge >= 0.3 is 0 Å². The Hall–Kier alpha value is -0.770. The molecule has 16 heavy (non-hydrogen) atoms. The topological polar surface area (TPSA) is 23.8 Å². The summed E-state index contributed by atoms with van der Waals surface area (Å²) in [6, 6.07) is 2.23. The van der Waals surface area contributed by atoms with Gasteiger partial charge in [-0.05, 0) is 68.1 Å². The second-order valence-electron chi connectivity index (χ2n) is 6.38. The molecule has 0 aromatic carbocycles. The van der Waals surface area contributed by atoms with Crippen molar-refractivity contribution in [3.8, 4) is 6.07 Å². The normalized spacial score (nSPS) is 45.1. The van der Waals surface area contributed by atoms with E-state index in [0.29, 0.717) is 11.8 Å². The van der Waals surface area contributed by atoms with Gasteiger partial charge in [0.1, 0.15) is 0 Å². The Kier molecular flexibility index (Phi) is 2.54. The number of hydrogen-bond donors (Lipinski definition) is 0. The van der Waals surface area contributed by atoms with Crippen LogP contribution in [0.5, 0.6) is 0 Å². The Morgan fingerprint density at radius 3 is 2.12 bits per heavy atom. The minimum absolute atomic E-state index is 0.560. The third-order valence-electron chi connectivity index (χ3n) is 4.98.